The molecule has 3 rings (SSSR count). The van der Waals surface area contributed by atoms with Crippen LogP contribution in [0.4, 0.5) is 5.69 Å². The predicted octanol–water partition coefficient (Wildman–Crippen LogP) is 2.02. The van der Waals surface area contributed by atoms with Crippen molar-refractivity contribution < 1.29 is 24.5 Å². The topological polar surface area (TPSA) is 100 Å². The Labute approximate surface area is 163 Å². The van der Waals surface area contributed by atoms with Crippen molar-refractivity contribution in [3.8, 4) is 17.2 Å². The van der Waals surface area contributed by atoms with Gasteiger partial charge in [0.25, 0.3) is 5.91 Å². The van der Waals surface area contributed by atoms with Crippen molar-refractivity contribution in [2.45, 2.75) is 12.5 Å². The van der Waals surface area contributed by atoms with Gasteiger partial charge in [-0.05, 0) is 42.8 Å². The van der Waals surface area contributed by atoms with E-state index in [2.05, 4.69) is 10.6 Å². The van der Waals surface area contributed by atoms with Gasteiger partial charge in [-0.25, -0.2) is 0 Å². The lowest BCUT2D eigenvalue weighted by molar-refractivity contribution is -0.118. The van der Waals surface area contributed by atoms with Gasteiger partial charge in [0.2, 0.25) is 0 Å². The third-order valence-electron chi connectivity index (χ3n) is 4.20. The highest BCUT2D eigenvalue weighted by atomic mass is 35.5. The first-order valence-corrected chi connectivity index (χ1v) is 8.38. The van der Waals surface area contributed by atoms with E-state index in [-0.39, 0.29) is 36.4 Å². The molecule has 1 aliphatic heterocycles. The molecule has 0 fully saturated rings. The minimum absolute atomic E-state index is 0. The van der Waals surface area contributed by atoms with Crippen LogP contribution in [0.2, 0.25) is 0 Å². The van der Waals surface area contributed by atoms with E-state index in [1.54, 1.807) is 13.2 Å². The molecule has 1 aliphatic rings. The molecule has 27 heavy (non-hydrogen) atoms. The molecule has 0 saturated heterocycles. The fourth-order valence-corrected chi connectivity index (χ4v) is 2.85. The summed E-state index contributed by atoms with van der Waals surface area (Å²) in [7, 11) is 1.64. The highest BCUT2D eigenvalue weighted by Crippen LogP contribution is 2.41. The molecule has 0 bridgehead atoms. The molecule has 2 aromatic carbocycles. The summed E-state index contributed by atoms with van der Waals surface area (Å²) in [5, 5.41) is 26.1. The SMILES string of the molecule is COc1cccc(CCNCC(O)c2ccc(O)c3c2OCC(=O)N3)c1.Cl. The summed E-state index contributed by atoms with van der Waals surface area (Å²) >= 11 is 0. The second-order valence-corrected chi connectivity index (χ2v) is 6.04. The van der Waals surface area contributed by atoms with Crippen molar-refractivity contribution in [3.05, 3.63) is 47.5 Å². The fourth-order valence-electron chi connectivity index (χ4n) is 2.85. The quantitative estimate of drug-likeness (QED) is 0.423. The van der Waals surface area contributed by atoms with Crippen molar-refractivity contribution in [3.63, 3.8) is 0 Å². The third kappa shape index (κ3) is 5.03. The Kier molecular flexibility index (Phi) is 7.29. The van der Waals surface area contributed by atoms with Crippen molar-refractivity contribution >= 4 is 24.0 Å². The molecule has 1 heterocycles. The Morgan fingerprint density at radius 1 is 1.33 bits per heavy atom. The van der Waals surface area contributed by atoms with Gasteiger partial charge in [0, 0.05) is 12.1 Å². The molecular weight excluding hydrogens is 372 g/mol. The minimum atomic E-state index is -0.829. The van der Waals surface area contributed by atoms with Crippen LogP contribution in [0.1, 0.15) is 17.2 Å². The lowest BCUT2D eigenvalue weighted by atomic mass is 10.0. The van der Waals surface area contributed by atoms with Crippen LogP contribution in [-0.2, 0) is 11.2 Å². The maximum absolute atomic E-state index is 11.4. The average molecular weight is 395 g/mol. The van der Waals surface area contributed by atoms with Gasteiger partial charge >= 0.3 is 0 Å². The van der Waals surface area contributed by atoms with Crippen LogP contribution < -0.4 is 20.1 Å². The Bertz CT molecular complexity index is 800. The number of carbonyl (C=O) groups excluding carboxylic acids is 1. The predicted molar refractivity (Wildman–Crippen MR) is 104 cm³/mol. The van der Waals surface area contributed by atoms with Gasteiger partial charge in [0.05, 0.1) is 13.2 Å². The zero-order valence-electron chi connectivity index (χ0n) is 14.9. The Hall–Kier alpha value is -2.48. The first kappa shape index (κ1) is 20.8. The van der Waals surface area contributed by atoms with Gasteiger partial charge in [-0.2, -0.15) is 0 Å². The molecule has 146 valence electrons. The van der Waals surface area contributed by atoms with Gasteiger partial charge in [0.1, 0.15) is 17.2 Å². The molecule has 0 aromatic heterocycles. The summed E-state index contributed by atoms with van der Waals surface area (Å²) in [6.45, 7) is 0.861. The van der Waals surface area contributed by atoms with Gasteiger partial charge < -0.3 is 30.3 Å². The summed E-state index contributed by atoms with van der Waals surface area (Å²) in [6.07, 6.45) is -0.0332. The van der Waals surface area contributed by atoms with Crippen molar-refractivity contribution in [1.29, 1.82) is 0 Å². The molecule has 4 N–H and O–H groups in total. The number of anilines is 1. The Balaban J connectivity index is 0.00000261. The number of aromatic hydroxyl groups is 1. The van der Waals surface area contributed by atoms with Crippen LogP contribution in [0.3, 0.4) is 0 Å². The van der Waals surface area contributed by atoms with Crippen molar-refractivity contribution in [2.75, 3.05) is 32.1 Å². The summed E-state index contributed by atoms with van der Waals surface area (Å²) in [4.78, 5) is 11.4. The van der Waals surface area contributed by atoms with E-state index >= 15 is 0 Å². The van der Waals surface area contributed by atoms with Crippen LogP contribution >= 0.6 is 12.4 Å². The number of halogens is 1. The fraction of sp³-hybridized carbons (Fsp3) is 0.316. The number of nitrogens with one attached hydrogen (secondary N) is 2. The molecule has 1 atom stereocenters. The van der Waals surface area contributed by atoms with E-state index in [4.69, 9.17) is 9.47 Å². The maximum atomic E-state index is 11.4. The highest BCUT2D eigenvalue weighted by molar-refractivity contribution is 5.97. The second kappa shape index (κ2) is 9.45. The number of phenols is 1. The first-order chi connectivity index (χ1) is 12.6. The summed E-state index contributed by atoms with van der Waals surface area (Å²) in [6, 6.07) is 10.9. The van der Waals surface area contributed by atoms with Crippen LogP contribution in [0.5, 0.6) is 17.2 Å². The molecule has 0 spiro atoms. The number of ether oxygens (including phenoxy) is 2. The standard InChI is InChI=1S/C19H22N2O5.ClH/c1-25-13-4-2-3-12(9-13)7-8-20-10-16(23)14-5-6-15(22)18-19(14)26-11-17(24)21-18;/h2-6,9,16,20,22-23H,7-8,10-11H2,1H3,(H,21,24);1H. The van der Waals surface area contributed by atoms with E-state index in [1.807, 2.05) is 24.3 Å². The van der Waals surface area contributed by atoms with E-state index in [1.165, 1.54) is 6.07 Å². The molecular formula is C19H23ClN2O5. The number of amides is 1. The summed E-state index contributed by atoms with van der Waals surface area (Å²) in [5.41, 5.74) is 1.86. The van der Waals surface area contributed by atoms with Gasteiger partial charge in [-0.15, -0.1) is 12.4 Å². The van der Waals surface area contributed by atoms with Gasteiger partial charge in [-0.1, -0.05) is 12.1 Å². The zero-order valence-corrected chi connectivity index (χ0v) is 15.7. The number of phenolic OH excluding ortho intramolecular Hbond substituents is 1. The lowest BCUT2D eigenvalue weighted by Crippen LogP contribution is -2.28. The first-order valence-electron chi connectivity index (χ1n) is 8.38. The Morgan fingerprint density at radius 3 is 2.93 bits per heavy atom. The normalized spacial score (nSPS) is 13.6. The number of aliphatic hydroxyl groups is 1. The van der Waals surface area contributed by atoms with Crippen molar-refractivity contribution in [1.82, 2.24) is 5.32 Å². The number of hydrogen-bond donors (Lipinski definition) is 4. The maximum Gasteiger partial charge on any atom is 0.262 e. The molecule has 0 radical (unpaired) electrons. The molecule has 1 amide bonds. The molecule has 0 aliphatic carbocycles. The third-order valence-corrected chi connectivity index (χ3v) is 4.20. The van der Waals surface area contributed by atoms with E-state index in [0.717, 1.165) is 17.7 Å². The number of rotatable bonds is 7. The highest BCUT2D eigenvalue weighted by Gasteiger charge is 2.25. The van der Waals surface area contributed by atoms with Crippen LogP contribution in [0.15, 0.2) is 36.4 Å². The van der Waals surface area contributed by atoms with Crippen molar-refractivity contribution in [2.24, 2.45) is 0 Å². The lowest BCUT2D eigenvalue weighted by Gasteiger charge is -2.23. The molecule has 1 unspecified atom stereocenters. The van der Waals surface area contributed by atoms with Crippen LogP contribution in [-0.4, -0.2) is 42.9 Å². The van der Waals surface area contributed by atoms with Gasteiger partial charge in [0.15, 0.2) is 12.4 Å². The Morgan fingerprint density at radius 2 is 2.15 bits per heavy atom. The van der Waals surface area contributed by atoms with E-state index < -0.39 is 6.10 Å². The number of aliphatic hydroxyl groups excluding tert-OH is 1. The number of benzene rings is 2. The number of fused-ring (bicyclic) bond motifs is 1. The molecule has 7 nitrogen and oxygen atoms in total. The smallest absolute Gasteiger partial charge is 0.262 e. The monoisotopic (exact) mass is 394 g/mol. The largest absolute Gasteiger partial charge is 0.506 e. The number of methoxy groups -OCH3 is 1. The average Bonchev–Trinajstić information content (AvgIpc) is 2.66. The van der Waals surface area contributed by atoms with Crippen LogP contribution in [0, 0.1) is 0 Å². The molecule has 8 heteroatoms. The van der Waals surface area contributed by atoms with E-state index in [0.29, 0.717) is 24.4 Å². The van der Waals surface area contributed by atoms with Gasteiger partial charge in [-0.3, -0.25) is 4.79 Å². The number of hydrogen-bond acceptors (Lipinski definition) is 6. The van der Waals surface area contributed by atoms with Crippen LogP contribution in [0.25, 0.3) is 0 Å². The summed E-state index contributed by atoms with van der Waals surface area (Å²) < 4.78 is 10.6. The molecule has 0 saturated carbocycles. The minimum Gasteiger partial charge on any atom is -0.506 e. The second-order valence-electron chi connectivity index (χ2n) is 6.04. The summed E-state index contributed by atoms with van der Waals surface area (Å²) in [5.74, 6) is 0.704. The molecule has 2 aromatic rings. The zero-order chi connectivity index (χ0) is 18.5. The number of carbonyl (C=O) groups is 1. The van der Waals surface area contributed by atoms with E-state index in [9.17, 15) is 15.0 Å².